The highest BCUT2D eigenvalue weighted by Gasteiger charge is 2.40. The van der Waals surface area contributed by atoms with Crippen molar-refractivity contribution in [3.8, 4) is 0 Å². The number of hydroxylamine groups is 1. The summed E-state index contributed by atoms with van der Waals surface area (Å²) in [4.78, 5) is 24.1. The van der Waals surface area contributed by atoms with Crippen LogP contribution in [-0.4, -0.2) is 46.4 Å². The summed E-state index contributed by atoms with van der Waals surface area (Å²) in [6.45, 7) is 5.04. The SMILES string of the molecule is CCN(OC[C@@]1(C)CO1)c1nc(Cl)nc(C(=O)O)c1Cl. The molecule has 110 valence electrons. The van der Waals surface area contributed by atoms with Gasteiger partial charge in [0, 0.05) is 6.54 Å². The fourth-order valence-electron chi connectivity index (χ4n) is 1.44. The van der Waals surface area contributed by atoms with Gasteiger partial charge < -0.3 is 9.84 Å². The van der Waals surface area contributed by atoms with Gasteiger partial charge in [-0.05, 0) is 25.4 Å². The summed E-state index contributed by atoms with van der Waals surface area (Å²) >= 11 is 11.7. The molecule has 0 spiro atoms. The molecule has 7 nitrogen and oxygen atoms in total. The Morgan fingerprint density at radius 3 is 2.70 bits per heavy atom. The lowest BCUT2D eigenvalue weighted by Crippen LogP contribution is -2.30. The standard InChI is InChI=1S/C11H13Cl2N3O4/c1-3-16(20-5-11(2)4-19-11)8-6(12)7(9(17)18)14-10(13)15-8/h3-5H2,1-2H3,(H,17,18)/t11-/m1/s1. The molecule has 1 saturated heterocycles. The number of rotatable bonds is 6. The third-order valence-electron chi connectivity index (χ3n) is 2.70. The Balaban J connectivity index is 2.26. The zero-order valence-electron chi connectivity index (χ0n) is 10.9. The van der Waals surface area contributed by atoms with Gasteiger partial charge >= 0.3 is 5.97 Å². The first-order chi connectivity index (χ1) is 9.36. The van der Waals surface area contributed by atoms with Crippen molar-refractivity contribution in [2.75, 3.05) is 24.8 Å². The fraction of sp³-hybridized carbons (Fsp3) is 0.545. The molecular formula is C11H13Cl2N3O4. The summed E-state index contributed by atoms with van der Waals surface area (Å²) in [6, 6.07) is 0. The van der Waals surface area contributed by atoms with Gasteiger partial charge in [0.2, 0.25) is 5.28 Å². The molecule has 0 saturated carbocycles. The summed E-state index contributed by atoms with van der Waals surface area (Å²) in [5.41, 5.74) is -0.676. The number of hydrogen-bond donors (Lipinski definition) is 1. The third kappa shape index (κ3) is 3.29. The number of anilines is 1. The van der Waals surface area contributed by atoms with Gasteiger partial charge in [-0.1, -0.05) is 11.6 Å². The Morgan fingerprint density at radius 2 is 2.20 bits per heavy atom. The van der Waals surface area contributed by atoms with Crippen molar-refractivity contribution in [3.05, 3.63) is 16.0 Å². The monoisotopic (exact) mass is 321 g/mol. The van der Waals surface area contributed by atoms with Gasteiger partial charge in [-0.25, -0.2) is 14.8 Å². The largest absolute Gasteiger partial charge is 0.476 e. The minimum absolute atomic E-state index is 0.120. The van der Waals surface area contributed by atoms with Crippen molar-refractivity contribution in [1.82, 2.24) is 9.97 Å². The number of aromatic nitrogens is 2. The number of carboxylic acids is 1. The van der Waals surface area contributed by atoms with Crippen LogP contribution in [-0.2, 0) is 9.57 Å². The van der Waals surface area contributed by atoms with Crippen LogP contribution in [0, 0.1) is 0 Å². The Bertz CT molecular complexity index is 537. The number of aromatic carboxylic acids is 1. The molecule has 0 aliphatic carbocycles. The lowest BCUT2D eigenvalue weighted by Gasteiger charge is -2.23. The van der Waals surface area contributed by atoms with Crippen molar-refractivity contribution in [3.63, 3.8) is 0 Å². The first kappa shape index (κ1) is 15.2. The second-order valence-corrected chi connectivity index (χ2v) is 5.21. The van der Waals surface area contributed by atoms with Crippen molar-refractivity contribution < 1.29 is 19.5 Å². The minimum atomic E-state index is -1.28. The Morgan fingerprint density at radius 1 is 1.55 bits per heavy atom. The second kappa shape index (κ2) is 5.69. The van der Waals surface area contributed by atoms with E-state index in [4.69, 9.17) is 37.9 Å². The van der Waals surface area contributed by atoms with Crippen LogP contribution in [0.4, 0.5) is 5.82 Å². The van der Waals surface area contributed by atoms with Gasteiger partial charge in [-0.2, -0.15) is 4.98 Å². The first-order valence-electron chi connectivity index (χ1n) is 5.87. The lowest BCUT2D eigenvalue weighted by atomic mass is 10.2. The molecule has 2 heterocycles. The molecule has 1 aliphatic heterocycles. The molecule has 0 radical (unpaired) electrons. The summed E-state index contributed by atoms with van der Waals surface area (Å²) in [6.07, 6.45) is 0. The topological polar surface area (TPSA) is 88.1 Å². The molecule has 1 fully saturated rings. The van der Waals surface area contributed by atoms with Crippen LogP contribution in [0.2, 0.25) is 10.3 Å². The molecule has 9 heteroatoms. The van der Waals surface area contributed by atoms with Gasteiger partial charge in [0.1, 0.15) is 17.2 Å². The maximum atomic E-state index is 11.1. The first-order valence-corrected chi connectivity index (χ1v) is 6.62. The van der Waals surface area contributed by atoms with E-state index < -0.39 is 5.97 Å². The van der Waals surface area contributed by atoms with Crippen LogP contribution in [0.15, 0.2) is 0 Å². The van der Waals surface area contributed by atoms with Crippen molar-refractivity contribution >= 4 is 35.0 Å². The normalized spacial score (nSPS) is 20.8. The van der Waals surface area contributed by atoms with E-state index in [9.17, 15) is 4.79 Å². The average Bonchev–Trinajstić information content (AvgIpc) is 3.11. The van der Waals surface area contributed by atoms with Crippen LogP contribution in [0.25, 0.3) is 0 Å². The summed E-state index contributed by atoms with van der Waals surface area (Å²) < 4.78 is 5.21. The molecular weight excluding hydrogens is 309 g/mol. The number of carboxylic acid groups (broad SMARTS) is 1. The molecule has 0 bridgehead atoms. The summed E-state index contributed by atoms with van der Waals surface area (Å²) in [5, 5.41) is 10.1. The quantitative estimate of drug-likeness (QED) is 0.487. The van der Waals surface area contributed by atoms with E-state index in [1.807, 2.05) is 13.8 Å². The van der Waals surface area contributed by atoms with E-state index in [-0.39, 0.29) is 27.4 Å². The van der Waals surface area contributed by atoms with Crippen LogP contribution in [0.5, 0.6) is 0 Å². The molecule has 1 aliphatic rings. The lowest BCUT2D eigenvalue weighted by molar-refractivity contribution is 0.0653. The zero-order chi connectivity index (χ0) is 14.9. The molecule has 2 rings (SSSR count). The summed E-state index contributed by atoms with van der Waals surface area (Å²) in [7, 11) is 0. The average molecular weight is 322 g/mol. The maximum Gasteiger partial charge on any atom is 0.356 e. The third-order valence-corrected chi connectivity index (χ3v) is 3.21. The van der Waals surface area contributed by atoms with Crippen LogP contribution in [0.3, 0.4) is 0 Å². The van der Waals surface area contributed by atoms with E-state index >= 15 is 0 Å². The second-order valence-electron chi connectivity index (χ2n) is 4.49. The molecule has 0 amide bonds. The molecule has 1 N–H and O–H groups in total. The van der Waals surface area contributed by atoms with Crippen molar-refractivity contribution in [2.24, 2.45) is 0 Å². The van der Waals surface area contributed by atoms with Crippen molar-refractivity contribution in [2.45, 2.75) is 19.4 Å². The van der Waals surface area contributed by atoms with Gasteiger partial charge in [0.25, 0.3) is 0 Å². The molecule has 1 atom stereocenters. The highest BCUT2D eigenvalue weighted by atomic mass is 35.5. The minimum Gasteiger partial charge on any atom is -0.476 e. The van der Waals surface area contributed by atoms with Gasteiger partial charge in [-0.3, -0.25) is 4.84 Å². The molecule has 0 aromatic carbocycles. The summed E-state index contributed by atoms with van der Waals surface area (Å²) in [5.74, 6) is -1.16. The Hall–Kier alpha value is -1.15. The predicted molar refractivity (Wildman–Crippen MR) is 72.3 cm³/mol. The highest BCUT2D eigenvalue weighted by molar-refractivity contribution is 6.36. The zero-order valence-corrected chi connectivity index (χ0v) is 12.4. The van der Waals surface area contributed by atoms with Crippen LogP contribution >= 0.6 is 23.2 Å². The van der Waals surface area contributed by atoms with Crippen LogP contribution < -0.4 is 5.06 Å². The highest BCUT2D eigenvalue weighted by Crippen LogP contribution is 2.30. The number of nitrogens with zero attached hydrogens (tertiary/aromatic N) is 3. The number of ether oxygens (including phenoxy) is 1. The van der Waals surface area contributed by atoms with Crippen LogP contribution in [0.1, 0.15) is 24.3 Å². The molecule has 1 aromatic heterocycles. The van der Waals surface area contributed by atoms with Gasteiger partial charge in [0.15, 0.2) is 11.5 Å². The number of epoxide rings is 1. The smallest absolute Gasteiger partial charge is 0.356 e. The van der Waals surface area contributed by atoms with E-state index in [0.29, 0.717) is 19.8 Å². The van der Waals surface area contributed by atoms with Crippen molar-refractivity contribution in [1.29, 1.82) is 0 Å². The number of carbonyl (C=O) groups is 1. The Labute approximate surface area is 125 Å². The number of halogens is 2. The van der Waals surface area contributed by atoms with E-state index in [2.05, 4.69) is 9.97 Å². The predicted octanol–water partition coefficient (Wildman–Crippen LogP) is 2.03. The molecule has 1 aromatic rings. The molecule has 20 heavy (non-hydrogen) atoms. The van der Waals surface area contributed by atoms with Gasteiger partial charge in [0.05, 0.1) is 6.61 Å². The van der Waals surface area contributed by atoms with E-state index in [0.717, 1.165) is 0 Å². The van der Waals surface area contributed by atoms with E-state index in [1.54, 1.807) is 0 Å². The maximum absolute atomic E-state index is 11.1. The van der Waals surface area contributed by atoms with E-state index in [1.165, 1.54) is 5.06 Å². The fourth-order valence-corrected chi connectivity index (χ4v) is 1.86. The number of hydrogen-bond acceptors (Lipinski definition) is 6. The molecule has 0 unspecified atom stereocenters. The Kier molecular flexibility index (Phi) is 4.33. The van der Waals surface area contributed by atoms with Gasteiger partial charge in [-0.15, -0.1) is 0 Å².